The Hall–Kier alpha value is -3.13. The van der Waals surface area contributed by atoms with Crippen LogP contribution in [0.3, 0.4) is 0 Å². The first-order chi connectivity index (χ1) is 11.8. The third-order valence-corrected chi connectivity index (χ3v) is 3.75. The second-order valence-corrected chi connectivity index (χ2v) is 5.74. The molecule has 2 aliphatic rings. The lowest BCUT2D eigenvalue weighted by atomic mass is 10.1. The minimum atomic E-state index is -0.622. The highest BCUT2D eigenvalue weighted by molar-refractivity contribution is 6.31. The summed E-state index contributed by atoms with van der Waals surface area (Å²) in [6.07, 6.45) is 0.386. The molecule has 0 aliphatic carbocycles. The van der Waals surface area contributed by atoms with Gasteiger partial charge in [0, 0.05) is 23.6 Å². The van der Waals surface area contributed by atoms with E-state index in [4.69, 9.17) is 26.8 Å². The number of nitrogen functional groups attached to an aromatic ring is 1. The number of esters is 2. The van der Waals surface area contributed by atoms with Gasteiger partial charge in [-0.25, -0.2) is 0 Å². The summed E-state index contributed by atoms with van der Waals surface area (Å²) in [4.78, 5) is 31.6. The van der Waals surface area contributed by atoms with Gasteiger partial charge in [0.1, 0.15) is 0 Å². The number of hydrogen-bond acceptors (Lipinski definition) is 7. The molecule has 9 heteroatoms. The smallest absolute Gasteiger partial charge is 0.316 e. The third-order valence-electron chi connectivity index (χ3n) is 3.54. The van der Waals surface area contributed by atoms with Crippen LogP contribution < -0.4 is 15.2 Å². The second-order valence-electron chi connectivity index (χ2n) is 5.31. The molecule has 2 aliphatic heterocycles. The molecule has 4 rings (SSSR count). The minimum absolute atomic E-state index is 0. The second kappa shape index (κ2) is 6.40. The summed E-state index contributed by atoms with van der Waals surface area (Å²) in [5, 5.41) is 10.8. The number of anilines is 1. The van der Waals surface area contributed by atoms with Gasteiger partial charge in [0.2, 0.25) is 5.75 Å². The first-order valence-electron chi connectivity index (χ1n) is 7.10. The fourth-order valence-corrected chi connectivity index (χ4v) is 2.73. The van der Waals surface area contributed by atoms with E-state index in [9.17, 15) is 19.7 Å². The first-order valence-corrected chi connectivity index (χ1v) is 7.48. The molecule has 0 amide bonds. The Morgan fingerprint density at radius 3 is 2.36 bits per heavy atom. The van der Waals surface area contributed by atoms with Gasteiger partial charge in [-0.3, -0.25) is 19.7 Å². The third kappa shape index (κ3) is 3.38. The Balaban J connectivity index is 0.000000184. The molecule has 0 saturated carbocycles. The number of nitrogens with two attached hydrogens (primary N) is 1. The van der Waals surface area contributed by atoms with E-state index in [1.165, 1.54) is 12.1 Å². The van der Waals surface area contributed by atoms with E-state index in [-0.39, 0.29) is 30.3 Å². The molecule has 2 aromatic rings. The fourth-order valence-electron chi connectivity index (χ4n) is 2.50. The Kier molecular flexibility index (Phi) is 4.28. The molecule has 2 heterocycles. The summed E-state index contributed by atoms with van der Waals surface area (Å²) in [5.74, 6) is -0.162. The van der Waals surface area contributed by atoms with E-state index in [1.54, 1.807) is 6.07 Å². The number of rotatable bonds is 1. The zero-order valence-corrected chi connectivity index (χ0v) is 13.4. The maximum Gasteiger partial charge on any atom is 0.316 e. The predicted octanol–water partition coefficient (Wildman–Crippen LogP) is 2.69. The highest BCUT2D eigenvalue weighted by Gasteiger charge is 2.29. The van der Waals surface area contributed by atoms with Crippen LogP contribution in [0.5, 0.6) is 11.5 Å². The molecule has 0 spiro atoms. The van der Waals surface area contributed by atoms with Crippen LogP contribution in [-0.2, 0) is 22.4 Å². The van der Waals surface area contributed by atoms with Gasteiger partial charge < -0.3 is 15.2 Å². The summed E-state index contributed by atoms with van der Waals surface area (Å²) in [6.45, 7) is 0. The molecule has 0 radical (unpaired) electrons. The van der Waals surface area contributed by atoms with Gasteiger partial charge in [-0.2, -0.15) is 0 Å². The lowest BCUT2D eigenvalue weighted by Gasteiger charge is -1.99. The Bertz CT molecular complexity index is 918. The van der Waals surface area contributed by atoms with Crippen LogP contribution in [0, 0.1) is 10.1 Å². The lowest BCUT2D eigenvalue weighted by molar-refractivity contribution is -0.385. The monoisotopic (exact) mass is 364 g/mol. The van der Waals surface area contributed by atoms with Gasteiger partial charge in [0.15, 0.2) is 5.75 Å². The molecule has 0 bridgehead atoms. The van der Waals surface area contributed by atoms with Gasteiger partial charge >= 0.3 is 17.6 Å². The average Bonchev–Trinajstić information content (AvgIpc) is 3.09. The Labute approximate surface area is 147 Å². The highest BCUT2D eigenvalue weighted by atomic mass is 35.5. The molecular formula is C16H13ClN2O6. The van der Waals surface area contributed by atoms with E-state index < -0.39 is 10.9 Å². The van der Waals surface area contributed by atoms with Crippen molar-refractivity contribution in [3.05, 3.63) is 56.6 Å². The quantitative estimate of drug-likeness (QED) is 0.271. The van der Waals surface area contributed by atoms with E-state index in [0.29, 0.717) is 23.4 Å². The van der Waals surface area contributed by atoms with Crippen molar-refractivity contribution in [2.45, 2.75) is 12.8 Å². The van der Waals surface area contributed by atoms with Crippen molar-refractivity contribution in [2.75, 3.05) is 5.73 Å². The molecular weight excluding hydrogens is 352 g/mol. The number of para-hydroxylation sites is 1. The van der Waals surface area contributed by atoms with Crippen LogP contribution in [0.1, 0.15) is 12.6 Å². The molecule has 25 heavy (non-hydrogen) atoms. The maximum atomic E-state index is 10.9. The highest BCUT2D eigenvalue weighted by Crippen LogP contribution is 2.38. The molecule has 2 aromatic carbocycles. The van der Waals surface area contributed by atoms with Crippen molar-refractivity contribution in [3.8, 4) is 11.5 Å². The summed E-state index contributed by atoms with van der Waals surface area (Å²) in [7, 11) is 0. The average molecular weight is 365 g/mol. The Morgan fingerprint density at radius 1 is 1.08 bits per heavy atom. The van der Waals surface area contributed by atoms with Crippen molar-refractivity contribution in [1.29, 1.82) is 0 Å². The van der Waals surface area contributed by atoms with E-state index in [2.05, 4.69) is 0 Å². The SMILES string of the molecule is Nc1cccc2c1OC(=O)C2.O=C1Cc2cc(Cl)cc([N+](=O)[O-])c2O1.[HH]. The maximum absolute atomic E-state index is 10.9. The normalized spacial score (nSPS) is 14.0. The number of fused-ring (bicyclic) bond motifs is 2. The number of nitrogens with zero attached hydrogens (tertiary/aromatic N) is 1. The number of ether oxygens (including phenoxy) is 2. The number of carbonyl (C=O) groups excluding carboxylic acids is 2. The summed E-state index contributed by atoms with van der Waals surface area (Å²) in [6, 6.07) is 8.04. The van der Waals surface area contributed by atoms with Crippen molar-refractivity contribution in [3.63, 3.8) is 0 Å². The van der Waals surface area contributed by atoms with Crippen LogP contribution in [0.15, 0.2) is 30.3 Å². The molecule has 2 N–H and O–H groups in total. The summed E-state index contributed by atoms with van der Waals surface area (Å²) < 4.78 is 9.59. The topological polar surface area (TPSA) is 122 Å². The van der Waals surface area contributed by atoms with E-state index in [1.807, 2.05) is 12.1 Å². The molecule has 0 unspecified atom stereocenters. The first kappa shape index (κ1) is 16.7. The van der Waals surface area contributed by atoms with Crippen molar-refractivity contribution >= 4 is 34.9 Å². The number of nitro benzene ring substituents is 1. The number of halogens is 1. The number of hydrogen-bond donors (Lipinski definition) is 1. The lowest BCUT2D eigenvalue weighted by Crippen LogP contribution is -2.01. The largest absolute Gasteiger partial charge is 0.424 e. The molecule has 130 valence electrons. The number of nitro groups is 1. The minimum Gasteiger partial charge on any atom is -0.424 e. The van der Waals surface area contributed by atoms with Gasteiger partial charge in [-0.05, 0) is 12.1 Å². The van der Waals surface area contributed by atoms with Crippen molar-refractivity contribution < 1.29 is 25.4 Å². The van der Waals surface area contributed by atoms with Gasteiger partial charge in [-0.1, -0.05) is 23.7 Å². The van der Waals surface area contributed by atoms with Gasteiger partial charge in [0.05, 0.1) is 23.5 Å². The number of benzene rings is 2. The fraction of sp³-hybridized carbons (Fsp3) is 0.125. The van der Waals surface area contributed by atoms with Crippen molar-refractivity contribution in [2.24, 2.45) is 0 Å². The molecule has 0 atom stereocenters. The standard InChI is InChI=1S/C8H4ClNO4.C8H7NO2.H2/c9-5-1-4-2-7(11)14-8(4)6(3-5)10(12)13;9-6-3-1-2-5-4-7(10)11-8(5)6;/h1,3H,2H2;1-3H,4,9H2;1H. The summed E-state index contributed by atoms with van der Waals surface area (Å²) in [5.41, 5.74) is 7.18. The van der Waals surface area contributed by atoms with Crippen LogP contribution in [0.2, 0.25) is 5.02 Å². The van der Waals surface area contributed by atoms with E-state index in [0.717, 1.165) is 5.56 Å². The van der Waals surface area contributed by atoms with Crippen LogP contribution in [0.4, 0.5) is 11.4 Å². The van der Waals surface area contributed by atoms with Crippen LogP contribution >= 0.6 is 11.6 Å². The van der Waals surface area contributed by atoms with E-state index >= 15 is 0 Å². The van der Waals surface area contributed by atoms with Crippen LogP contribution in [0.25, 0.3) is 0 Å². The Morgan fingerprint density at radius 2 is 1.72 bits per heavy atom. The zero-order valence-electron chi connectivity index (χ0n) is 12.7. The molecule has 8 nitrogen and oxygen atoms in total. The number of carbonyl (C=O) groups is 2. The predicted molar refractivity (Wildman–Crippen MR) is 89.8 cm³/mol. The van der Waals surface area contributed by atoms with Crippen molar-refractivity contribution in [1.82, 2.24) is 0 Å². The van der Waals surface area contributed by atoms with Gasteiger partial charge in [-0.15, -0.1) is 0 Å². The molecule has 0 fully saturated rings. The molecule has 0 aromatic heterocycles. The zero-order chi connectivity index (χ0) is 18.1. The molecule has 0 saturated heterocycles. The van der Waals surface area contributed by atoms with Gasteiger partial charge in [0.25, 0.3) is 0 Å². The van der Waals surface area contributed by atoms with Crippen LogP contribution in [-0.4, -0.2) is 16.9 Å². The summed E-state index contributed by atoms with van der Waals surface area (Å²) >= 11 is 5.65.